The standard InChI is InChI=1S/C27H28FN3O3S.C3H7NO/c1-18-19(2)31(15-20-7-6-10-23(28)13-20)26-25(18)14-24(17-35(32,33)34-3)29-27(26)30-12-11-21-8-4-5-9-22(21)16-30;1-4(2)3-5/h4-10,13-14H,11-12,15-17H2,1-3H3;3H,1-2H3. The molecule has 0 unspecified atom stereocenters. The first-order valence-corrected chi connectivity index (χ1v) is 14.6. The third-order valence-corrected chi connectivity index (χ3v) is 8.26. The van der Waals surface area contributed by atoms with Crippen LogP contribution in [0.25, 0.3) is 10.9 Å². The summed E-state index contributed by atoms with van der Waals surface area (Å²) in [6.45, 7) is 6.01. The largest absolute Gasteiger partial charge is 0.351 e. The molecule has 8 nitrogen and oxygen atoms in total. The molecule has 1 aliphatic heterocycles. The van der Waals surface area contributed by atoms with Crippen LogP contribution in [0.3, 0.4) is 0 Å². The van der Waals surface area contributed by atoms with E-state index in [4.69, 9.17) is 9.17 Å². The molecule has 0 saturated heterocycles. The van der Waals surface area contributed by atoms with Crippen molar-refractivity contribution in [1.82, 2.24) is 14.5 Å². The number of carbonyl (C=O) groups is 1. The number of hydrogen-bond acceptors (Lipinski definition) is 6. The zero-order chi connectivity index (χ0) is 29.0. The topological polar surface area (TPSA) is 84.7 Å². The summed E-state index contributed by atoms with van der Waals surface area (Å²) in [5.41, 5.74) is 6.87. The molecule has 0 N–H and O–H groups in total. The van der Waals surface area contributed by atoms with Crippen molar-refractivity contribution >= 4 is 33.2 Å². The van der Waals surface area contributed by atoms with E-state index in [1.165, 1.54) is 29.2 Å². The van der Waals surface area contributed by atoms with Crippen molar-refractivity contribution in [2.24, 2.45) is 0 Å². The summed E-state index contributed by atoms with van der Waals surface area (Å²) >= 11 is 0. The number of aromatic nitrogens is 2. The number of benzene rings is 2. The Labute approximate surface area is 235 Å². The number of pyridine rings is 1. The van der Waals surface area contributed by atoms with Crippen molar-refractivity contribution in [2.75, 3.05) is 32.6 Å². The van der Waals surface area contributed by atoms with Gasteiger partial charge in [-0.25, -0.2) is 9.37 Å². The SMILES string of the molecule is CN(C)C=O.COS(=O)(=O)Cc1cc2c(C)c(C)n(Cc3cccc(F)c3)c2c(N2CCc3ccccc3C2)n1. The minimum absolute atomic E-state index is 0.272. The molecular weight excluding hydrogens is 531 g/mol. The molecule has 1 aliphatic rings. The number of carbonyl (C=O) groups excluding carboxylic acids is 1. The van der Waals surface area contributed by atoms with Gasteiger partial charge in [0.15, 0.2) is 5.82 Å². The quantitative estimate of drug-likeness (QED) is 0.241. The first-order valence-electron chi connectivity index (χ1n) is 13.0. The van der Waals surface area contributed by atoms with Crippen molar-refractivity contribution in [3.63, 3.8) is 0 Å². The Morgan fingerprint density at radius 2 is 1.77 bits per heavy atom. The second-order valence-electron chi connectivity index (χ2n) is 10.1. The van der Waals surface area contributed by atoms with Crippen molar-refractivity contribution < 1.29 is 21.8 Å². The zero-order valence-electron chi connectivity index (χ0n) is 23.5. The van der Waals surface area contributed by atoms with Crippen LogP contribution in [-0.2, 0) is 44.4 Å². The third-order valence-electron chi connectivity index (χ3n) is 7.10. The van der Waals surface area contributed by atoms with Gasteiger partial charge in [-0.3, -0.25) is 8.98 Å². The van der Waals surface area contributed by atoms with Crippen LogP contribution >= 0.6 is 0 Å². The highest BCUT2D eigenvalue weighted by atomic mass is 32.2. The smallest absolute Gasteiger partial charge is 0.272 e. The Kier molecular flexibility index (Phi) is 8.90. The number of aryl methyl sites for hydroxylation is 1. The molecule has 5 rings (SSSR count). The summed E-state index contributed by atoms with van der Waals surface area (Å²) in [5, 5.41) is 0.948. The fourth-order valence-electron chi connectivity index (χ4n) is 4.92. The van der Waals surface area contributed by atoms with Crippen molar-refractivity contribution in [3.05, 3.63) is 94.1 Å². The monoisotopic (exact) mass is 566 g/mol. The van der Waals surface area contributed by atoms with Gasteiger partial charge in [0.05, 0.1) is 18.3 Å². The van der Waals surface area contributed by atoms with Crippen LogP contribution in [0.2, 0.25) is 0 Å². The fourth-order valence-corrected chi connectivity index (χ4v) is 5.55. The predicted molar refractivity (Wildman–Crippen MR) is 155 cm³/mol. The van der Waals surface area contributed by atoms with Crippen LogP contribution < -0.4 is 4.90 Å². The van der Waals surface area contributed by atoms with Crippen LogP contribution in [0.5, 0.6) is 0 Å². The summed E-state index contributed by atoms with van der Waals surface area (Å²) in [6.07, 6.45) is 1.63. The average Bonchev–Trinajstić information content (AvgIpc) is 3.17. The lowest BCUT2D eigenvalue weighted by Crippen LogP contribution is -2.31. The van der Waals surface area contributed by atoms with E-state index in [1.54, 1.807) is 26.2 Å². The van der Waals surface area contributed by atoms with Gasteiger partial charge in [-0.1, -0.05) is 36.4 Å². The van der Waals surface area contributed by atoms with Gasteiger partial charge in [-0.05, 0) is 60.7 Å². The van der Waals surface area contributed by atoms with Crippen LogP contribution in [0.15, 0.2) is 54.6 Å². The lowest BCUT2D eigenvalue weighted by atomic mass is 10.00. The van der Waals surface area contributed by atoms with Gasteiger partial charge in [-0.15, -0.1) is 0 Å². The Hall–Kier alpha value is -3.76. The molecule has 0 atom stereocenters. The maximum absolute atomic E-state index is 13.9. The molecule has 4 aromatic rings. The number of fused-ring (bicyclic) bond motifs is 2. The van der Waals surface area contributed by atoms with Crippen molar-refractivity contribution in [2.45, 2.75) is 39.1 Å². The van der Waals surface area contributed by atoms with E-state index in [1.807, 2.05) is 32.0 Å². The Balaban J connectivity index is 0.000000681. The maximum atomic E-state index is 13.9. The van der Waals surface area contributed by atoms with Gasteiger partial charge in [0.25, 0.3) is 10.1 Å². The highest BCUT2D eigenvalue weighted by Gasteiger charge is 2.25. The van der Waals surface area contributed by atoms with Crippen LogP contribution in [0.1, 0.15) is 33.6 Å². The summed E-state index contributed by atoms with van der Waals surface area (Å²) < 4.78 is 45.4. The Morgan fingerprint density at radius 3 is 2.42 bits per heavy atom. The Morgan fingerprint density at radius 1 is 1.07 bits per heavy atom. The fraction of sp³-hybridized carbons (Fsp3) is 0.333. The highest BCUT2D eigenvalue weighted by molar-refractivity contribution is 7.85. The van der Waals surface area contributed by atoms with Crippen molar-refractivity contribution in [1.29, 1.82) is 0 Å². The lowest BCUT2D eigenvalue weighted by molar-refractivity contribution is -0.115. The number of nitrogens with zero attached hydrogens (tertiary/aromatic N) is 4. The molecule has 0 saturated carbocycles. The minimum atomic E-state index is -3.74. The maximum Gasteiger partial charge on any atom is 0.272 e. The highest BCUT2D eigenvalue weighted by Crippen LogP contribution is 2.36. The molecule has 0 radical (unpaired) electrons. The summed E-state index contributed by atoms with van der Waals surface area (Å²) in [7, 11) is 0.807. The molecule has 0 aliphatic carbocycles. The number of amides is 1. The number of hydrogen-bond donors (Lipinski definition) is 0. The van der Waals surface area contributed by atoms with Gasteiger partial charge in [0.2, 0.25) is 6.41 Å². The number of halogens is 1. The van der Waals surface area contributed by atoms with Crippen LogP contribution in [0.4, 0.5) is 10.2 Å². The summed E-state index contributed by atoms with van der Waals surface area (Å²) in [5.74, 6) is 0.169. The average molecular weight is 567 g/mol. The molecule has 212 valence electrons. The van der Waals surface area contributed by atoms with Gasteiger partial charge < -0.3 is 14.4 Å². The molecule has 1 amide bonds. The Bertz CT molecular complexity index is 1630. The van der Waals surface area contributed by atoms with Crippen molar-refractivity contribution in [3.8, 4) is 0 Å². The van der Waals surface area contributed by atoms with Crippen LogP contribution in [0, 0.1) is 19.7 Å². The third kappa shape index (κ3) is 6.51. The molecule has 2 aromatic heterocycles. The predicted octanol–water partition coefficient (Wildman–Crippen LogP) is 4.58. The molecule has 0 bridgehead atoms. The van der Waals surface area contributed by atoms with E-state index in [0.29, 0.717) is 18.8 Å². The van der Waals surface area contributed by atoms with E-state index >= 15 is 0 Å². The number of rotatable bonds is 7. The summed E-state index contributed by atoms with van der Waals surface area (Å²) in [6, 6.07) is 16.8. The second-order valence-corrected chi connectivity index (χ2v) is 11.9. The summed E-state index contributed by atoms with van der Waals surface area (Å²) in [4.78, 5) is 18.0. The minimum Gasteiger partial charge on any atom is -0.351 e. The van der Waals surface area contributed by atoms with Gasteiger partial charge in [0.1, 0.15) is 11.6 Å². The molecule has 2 aromatic carbocycles. The van der Waals surface area contributed by atoms with Gasteiger partial charge >= 0.3 is 0 Å². The number of anilines is 1. The molecule has 0 fully saturated rings. The molecule has 3 heterocycles. The van der Waals surface area contributed by atoms with E-state index in [-0.39, 0.29) is 11.6 Å². The van der Waals surface area contributed by atoms with E-state index in [2.05, 4.69) is 27.7 Å². The van der Waals surface area contributed by atoms with E-state index < -0.39 is 10.1 Å². The molecule has 40 heavy (non-hydrogen) atoms. The lowest BCUT2D eigenvalue weighted by Gasteiger charge is -2.31. The van der Waals surface area contributed by atoms with Crippen LogP contribution in [-0.4, -0.2) is 57.0 Å². The van der Waals surface area contributed by atoms with Gasteiger partial charge in [-0.2, -0.15) is 8.42 Å². The first kappa shape index (κ1) is 29.2. The normalized spacial score (nSPS) is 13.0. The second kappa shape index (κ2) is 12.2. The molecular formula is C30H35FN4O4S. The molecule has 10 heteroatoms. The van der Waals surface area contributed by atoms with Gasteiger partial charge in [0, 0.05) is 44.8 Å². The zero-order valence-corrected chi connectivity index (χ0v) is 24.3. The van der Waals surface area contributed by atoms with E-state index in [0.717, 1.165) is 52.9 Å². The van der Waals surface area contributed by atoms with E-state index in [9.17, 15) is 17.6 Å². The molecule has 0 spiro atoms. The first-order chi connectivity index (χ1) is 19.0.